The molecule has 130 valence electrons. The Kier molecular flexibility index (Phi) is 7.59. The predicted molar refractivity (Wildman–Crippen MR) is 86.3 cm³/mol. The number of amides is 1. The molecular formula is C18H26F3NO. The summed E-state index contributed by atoms with van der Waals surface area (Å²) >= 11 is 0. The van der Waals surface area contributed by atoms with Crippen LogP contribution >= 0.6 is 0 Å². The molecule has 23 heavy (non-hydrogen) atoms. The second-order valence-electron chi connectivity index (χ2n) is 5.84. The third-order valence-electron chi connectivity index (χ3n) is 4.13. The Morgan fingerprint density at radius 3 is 2.43 bits per heavy atom. The summed E-state index contributed by atoms with van der Waals surface area (Å²) < 4.78 is 38.4. The maximum absolute atomic E-state index is 12.8. The van der Waals surface area contributed by atoms with Crippen molar-refractivity contribution >= 4 is 5.91 Å². The highest BCUT2D eigenvalue weighted by Crippen LogP contribution is 2.29. The molecule has 1 amide bonds. The maximum atomic E-state index is 12.8. The predicted octanol–water partition coefficient (Wildman–Crippen LogP) is 5.38. The Labute approximate surface area is 136 Å². The summed E-state index contributed by atoms with van der Waals surface area (Å²) in [5.74, 6) is 0.0678. The molecular weight excluding hydrogens is 303 g/mol. The lowest BCUT2D eigenvalue weighted by atomic mass is 9.98. The minimum Gasteiger partial charge on any atom is -0.339 e. The number of rotatable bonds is 8. The van der Waals surface area contributed by atoms with E-state index >= 15 is 0 Å². The number of hydrogen-bond donors (Lipinski definition) is 0. The van der Waals surface area contributed by atoms with E-state index in [4.69, 9.17) is 0 Å². The lowest BCUT2D eigenvalue weighted by molar-refractivity contribution is -0.137. The van der Waals surface area contributed by atoms with E-state index in [1.807, 2.05) is 6.92 Å². The van der Waals surface area contributed by atoms with Gasteiger partial charge in [0.2, 0.25) is 0 Å². The van der Waals surface area contributed by atoms with Gasteiger partial charge in [0.1, 0.15) is 0 Å². The van der Waals surface area contributed by atoms with Crippen molar-refractivity contribution in [2.24, 2.45) is 5.92 Å². The molecule has 1 atom stereocenters. The normalized spacial score (nSPS) is 13.0. The molecule has 1 aromatic rings. The summed E-state index contributed by atoms with van der Waals surface area (Å²) in [6, 6.07) is 4.67. The first-order valence-electron chi connectivity index (χ1n) is 8.29. The van der Waals surface area contributed by atoms with Gasteiger partial charge in [-0.3, -0.25) is 4.79 Å². The second kappa shape index (κ2) is 8.94. The summed E-state index contributed by atoms with van der Waals surface area (Å²) in [7, 11) is 0. The Balaban J connectivity index is 2.87. The molecule has 0 aliphatic heterocycles. The minimum absolute atomic E-state index is 0.104. The highest BCUT2D eigenvalue weighted by molar-refractivity contribution is 5.94. The molecule has 1 rings (SSSR count). The van der Waals surface area contributed by atoms with Crippen LogP contribution in [-0.2, 0) is 6.18 Å². The van der Waals surface area contributed by atoms with Crippen LogP contribution in [0.4, 0.5) is 13.2 Å². The number of unbranched alkanes of at least 4 members (excludes halogenated alkanes) is 1. The first kappa shape index (κ1) is 19.5. The van der Waals surface area contributed by atoms with E-state index in [0.717, 1.165) is 37.8 Å². The molecule has 0 aromatic heterocycles. The van der Waals surface area contributed by atoms with Crippen LogP contribution < -0.4 is 0 Å². The molecule has 0 saturated carbocycles. The van der Waals surface area contributed by atoms with Crippen molar-refractivity contribution in [3.63, 3.8) is 0 Å². The fourth-order valence-corrected chi connectivity index (χ4v) is 2.60. The van der Waals surface area contributed by atoms with E-state index < -0.39 is 11.7 Å². The average Bonchev–Trinajstić information content (AvgIpc) is 2.54. The number of halogens is 3. The molecule has 2 nitrogen and oxygen atoms in total. The van der Waals surface area contributed by atoms with Crippen molar-refractivity contribution in [3.05, 3.63) is 35.4 Å². The van der Waals surface area contributed by atoms with Gasteiger partial charge in [0, 0.05) is 18.7 Å². The number of nitrogens with zero attached hydrogens (tertiary/aromatic N) is 1. The van der Waals surface area contributed by atoms with Crippen LogP contribution in [0.2, 0.25) is 0 Å². The Morgan fingerprint density at radius 1 is 1.22 bits per heavy atom. The molecule has 0 radical (unpaired) electrons. The van der Waals surface area contributed by atoms with Crippen LogP contribution in [0.1, 0.15) is 62.4 Å². The molecule has 0 bridgehead atoms. The third kappa shape index (κ3) is 5.88. The van der Waals surface area contributed by atoms with E-state index in [2.05, 4.69) is 13.8 Å². The lowest BCUT2D eigenvalue weighted by Gasteiger charge is -2.26. The van der Waals surface area contributed by atoms with Gasteiger partial charge in [0.25, 0.3) is 5.91 Å². The molecule has 1 aromatic carbocycles. The fourth-order valence-electron chi connectivity index (χ4n) is 2.60. The number of carbonyl (C=O) groups is 1. The van der Waals surface area contributed by atoms with Crippen molar-refractivity contribution in [3.8, 4) is 0 Å². The van der Waals surface area contributed by atoms with Crippen molar-refractivity contribution in [2.45, 2.75) is 52.6 Å². The molecule has 0 spiro atoms. The zero-order valence-corrected chi connectivity index (χ0v) is 14.1. The van der Waals surface area contributed by atoms with Crippen molar-refractivity contribution in [1.82, 2.24) is 4.90 Å². The Morgan fingerprint density at radius 2 is 1.91 bits per heavy atom. The summed E-state index contributed by atoms with van der Waals surface area (Å²) in [4.78, 5) is 14.2. The standard InChI is InChI=1S/C18H26F3NO/c1-4-7-9-14(5-2)13-22(6-3)17(23)15-10-8-11-16(12-15)18(19,20)21/h8,10-12,14H,4-7,9,13H2,1-3H3. The van der Waals surface area contributed by atoms with E-state index in [1.54, 1.807) is 4.90 Å². The topological polar surface area (TPSA) is 20.3 Å². The SMILES string of the molecule is CCCCC(CC)CN(CC)C(=O)c1cccc(C(F)(F)F)c1. The van der Waals surface area contributed by atoms with Crippen LogP contribution in [0, 0.1) is 5.92 Å². The number of carbonyl (C=O) groups excluding carboxylic acids is 1. The molecule has 0 fully saturated rings. The summed E-state index contributed by atoms with van der Waals surface area (Å²) in [6.07, 6.45) is -0.218. The van der Waals surface area contributed by atoms with Gasteiger partial charge in [-0.05, 0) is 37.5 Å². The van der Waals surface area contributed by atoms with Crippen molar-refractivity contribution in [1.29, 1.82) is 0 Å². The highest BCUT2D eigenvalue weighted by Gasteiger charge is 2.31. The first-order chi connectivity index (χ1) is 10.8. The van der Waals surface area contributed by atoms with Gasteiger partial charge in [-0.25, -0.2) is 0 Å². The summed E-state index contributed by atoms with van der Waals surface area (Å²) in [5, 5.41) is 0. The molecule has 0 heterocycles. The van der Waals surface area contributed by atoms with E-state index in [1.165, 1.54) is 12.1 Å². The average molecular weight is 329 g/mol. The molecule has 1 unspecified atom stereocenters. The third-order valence-corrected chi connectivity index (χ3v) is 4.13. The van der Waals surface area contributed by atoms with Gasteiger partial charge in [-0.15, -0.1) is 0 Å². The zero-order chi connectivity index (χ0) is 17.5. The van der Waals surface area contributed by atoms with Crippen molar-refractivity contribution < 1.29 is 18.0 Å². The first-order valence-corrected chi connectivity index (χ1v) is 8.29. The van der Waals surface area contributed by atoms with Crippen LogP contribution in [0.5, 0.6) is 0 Å². The molecule has 0 saturated heterocycles. The van der Waals surface area contributed by atoms with Crippen LogP contribution in [0.15, 0.2) is 24.3 Å². The number of benzene rings is 1. The van der Waals surface area contributed by atoms with Gasteiger partial charge in [-0.1, -0.05) is 39.2 Å². The summed E-state index contributed by atoms with van der Waals surface area (Å²) in [6.45, 7) is 7.17. The minimum atomic E-state index is -4.43. The van der Waals surface area contributed by atoms with Gasteiger partial charge in [0.15, 0.2) is 0 Å². The van der Waals surface area contributed by atoms with Crippen LogP contribution in [-0.4, -0.2) is 23.9 Å². The molecule has 0 N–H and O–H groups in total. The lowest BCUT2D eigenvalue weighted by Crippen LogP contribution is -2.35. The van der Waals surface area contributed by atoms with Gasteiger partial charge in [-0.2, -0.15) is 13.2 Å². The summed E-state index contributed by atoms with van der Waals surface area (Å²) in [5.41, 5.74) is -0.676. The van der Waals surface area contributed by atoms with Gasteiger partial charge in [0.05, 0.1) is 5.56 Å². The monoisotopic (exact) mass is 329 g/mol. The van der Waals surface area contributed by atoms with E-state index in [9.17, 15) is 18.0 Å². The number of alkyl halides is 3. The maximum Gasteiger partial charge on any atom is 0.416 e. The Bertz CT molecular complexity index is 499. The van der Waals surface area contributed by atoms with Crippen LogP contribution in [0.25, 0.3) is 0 Å². The van der Waals surface area contributed by atoms with Crippen molar-refractivity contribution in [2.75, 3.05) is 13.1 Å². The van der Waals surface area contributed by atoms with Gasteiger partial charge >= 0.3 is 6.18 Å². The number of hydrogen-bond acceptors (Lipinski definition) is 1. The van der Waals surface area contributed by atoms with E-state index in [0.29, 0.717) is 19.0 Å². The van der Waals surface area contributed by atoms with E-state index in [-0.39, 0.29) is 11.5 Å². The fraction of sp³-hybridized carbons (Fsp3) is 0.611. The second-order valence-corrected chi connectivity index (χ2v) is 5.84. The van der Waals surface area contributed by atoms with Gasteiger partial charge < -0.3 is 4.90 Å². The van der Waals surface area contributed by atoms with Crippen LogP contribution in [0.3, 0.4) is 0 Å². The molecule has 0 aliphatic carbocycles. The quantitative estimate of drug-likeness (QED) is 0.626. The largest absolute Gasteiger partial charge is 0.416 e. The zero-order valence-electron chi connectivity index (χ0n) is 14.1. The molecule has 5 heteroatoms. The molecule has 0 aliphatic rings. The highest BCUT2D eigenvalue weighted by atomic mass is 19.4. The Hall–Kier alpha value is -1.52. The smallest absolute Gasteiger partial charge is 0.339 e.